The SMILES string of the molecule is CC1(C)CCC(C)(C)c2cc(N(c3ccc(-c4ccccc4)cc3)c3cc4c(cc3-c3ccccc3)Sc3ccccc3C43C4CC5CC(C4)C3C5)ccc21. The van der Waals surface area contributed by atoms with E-state index in [1.807, 2.05) is 11.8 Å². The molecule has 0 N–H and O–H groups in total. The summed E-state index contributed by atoms with van der Waals surface area (Å²) in [5.74, 6) is 3.18. The zero-order chi connectivity index (χ0) is 37.1. The molecular formula is C53H51NS. The number of hydrogen-bond donors (Lipinski definition) is 0. The van der Waals surface area contributed by atoms with E-state index in [2.05, 4.69) is 172 Å². The summed E-state index contributed by atoms with van der Waals surface area (Å²) in [5.41, 5.74) is 15.4. The minimum atomic E-state index is 0.0729. The zero-order valence-electron chi connectivity index (χ0n) is 32.7. The smallest absolute Gasteiger partial charge is 0.0543 e. The second-order valence-corrected chi connectivity index (χ2v) is 19.9. The van der Waals surface area contributed by atoms with Gasteiger partial charge in [-0.15, -0.1) is 0 Å². The van der Waals surface area contributed by atoms with Gasteiger partial charge < -0.3 is 4.90 Å². The van der Waals surface area contributed by atoms with E-state index >= 15 is 0 Å². The molecule has 1 spiro atoms. The van der Waals surface area contributed by atoms with Crippen molar-refractivity contribution in [2.75, 3.05) is 4.90 Å². The standard InChI is InChI=1S/C53H51NS/c1-51(2)25-26-52(3,4)46-31-41(23-24-43(46)51)54(40-21-19-36(20-22-40)35-13-7-5-8-14-35)48-33-47-50(32-42(48)37-15-9-6-10-16-37)55-49-18-12-11-17-44(49)53(47)39-28-34-27-38(30-39)45(53)29-34/h5-24,31-34,38-39,45H,25-30H2,1-4H3. The molecule has 12 rings (SSSR count). The highest BCUT2D eigenvalue weighted by Crippen LogP contribution is 2.72. The zero-order valence-corrected chi connectivity index (χ0v) is 33.5. The summed E-state index contributed by atoms with van der Waals surface area (Å²) in [4.78, 5) is 5.56. The summed E-state index contributed by atoms with van der Waals surface area (Å²) in [6, 6.07) is 53.7. The maximum absolute atomic E-state index is 2.70. The van der Waals surface area contributed by atoms with E-state index in [1.54, 1.807) is 11.1 Å². The average molecular weight is 734 g/mol. The van der Waals surface area contributed by atoms with Gasteiger partial charge in [-0.3, -0.25) is 0 Å². The third-order valence-electron chi connectivity index (χ3n) is 15.0. The molecule has 5 unspecified atom stereocenters. The second kappa shape index (κ2) is 12.2. The van der Waals surface area contributed by atoms with Crippen LogP contribution in [0, 0.1) is 23.7 Å². The van der Waals surface area contributed by atoms with Gasteiger partial charge >= 0.3 is 0 Å². The lowest BCUT2D eigenvalue weighted by molar-refractivity contribution is 0.181. The van der Waals surface area contributed by atoms with Gasteiger partial charge in [0.1, 0.15) is 0 Å². The highest BCUT2D eigenvalue weighted by molar-refractivity contribution is 7.99. The van der Waals surface area contributed by atoms with Crippen LogP contribution in [0.5, 0.6) is 0 Å². The van der Waals surface area contributed by atoms with Crippen LogP contribution in [0.4, 0.5) is 17.1 Å². The summed E-state index contributed by atoms with van der Waals surface area (Å²) in [5, 5.41) is 0. The number of nitrogens with zero attached hydrogens (tertiary/aromatic N) is 1. The molecule has 1 nitrogen and oxygen atoms in total. The van der Waals surface area contributed by atoms with Crippen LogP contribution < -0.4 is 4.90 Å². The molecule has 274 valence electrons. The van der Waals surface area contributed by atoms with Gasteiger partial charge in [0.15, 0.2) is 0 Å². The Labute approximate surface area is 332 Å². The fraction of sp³-hybridized carbons (Fsp3) is 0.321. The Hall–Kier alpha value is -4.53. The number of hydrogen-bond acceptors (Lipinski definition) is 2. The first kappa shape index (κ1) is 33.8. The molecule has 6 aliphatic rings. The topological polar surface area (TPSA) is 3.24 Å². The quantitative estimate of drug-likeness (QED) is 0.174. The van der Waals surface area contributed by atoms with E-state index in [4.69, 9.17) is 0 Å². The molecule has 4 fully saturated rings. The van der Waals surface area contributed by atoms with Crippen molar-refractivity contribution in [2.45, 2.75) is 92.3 Å². The molecule has 0 amide bonds. The predicted octanol–water partition coefficient (Wildman–Crippen LogP) is 14.7. The second-order valence-electron chi connectivity index (χ2n) is 18.8. The van der Waals surface area contributed by atoms with Gasteiger partial charge in [0.05, 0.1) is 5.69 Å². The number of anilines is 3. The summed E-state index contributed by atoms with van der Waals surface area (Å²) < 4.78 is 0. The molecule has 1 aliphatic heterocycles. The first-order valence-electron chi connectivity index (χ1n) is 20.8. The lowest BCUT2D eigenvalue weighted by Gasteiger charge is -2.49. The van der Waals surface area contributed by atoms with Crippen molar-refractivity contribution in [3.8, 4) is 22.3 Å². The van der Waals surface area contributed by atoms with Gasteiger partial charge in [0.25, 0.3) is 0 Å². The Bertz CT molecular complexity index is 2440. The Balaban J connectivity index is 1.19. The maximum atomic E-state index is 2.70. The van der Waals surface area contributed by atoms with E-state index in [0.717, 1.165) is 17.8 Å². The van der Waals surface area contributed by atoms with Crippen molar-refractivity contribution in [3.05, 3.63) is 162 Å². The monoisotopic (exact) mass is 733 g/mol. The molecule has 0 radical (unpaired) electrons. The molecule has 55 heavy (non-hydrogen) atoms. The third-order valence-corrected chi connectivity index (χ3v) is 16.1. The van der Waals surface area contributed by atoms with Crippen molar-refractivity contribution in [2.24, 2.45) is 23.7 Å². The van der Waals surface area contributed by atoms with E-state index in [1.165, 1.54) is 98.8 Å². The van der Waals surface area contributed by atoms with Gasteiger partial charge in [-0.1, -0.05) is 137 Å². The fourth-order valence-corrected chi connectivity index (χ4v) is 13.6. The van der Waals surface area contributed by atoms with Crippen molar-refractivity contribution in [1.82, 2.24) is 0 Å². The van der Waals surface area contributed by atoms with Crippen molar-refractivity contribution in [1.29, 1.82) is 0 Å². The van der Waals surface area contributed by atoms with Crippen LogP contribution >= 0.6 is 11.8 Å². The van der Waals surface area contributed by atoms with E-state index in [0.29, 0.717) is 5.92 Å². The first-order valence-corrected chi connectivity index (χ1v) is 21.6. The summed E-state index contributed by atoms with van der Waals surface area (Å²) >= 11 is 2.02. The highest BCUT2D eigenvalue weighted by atomic mass is 32.2. The van der Waals surface area contributed by atoms with E-state index in [9.17, 15) is 0 Å². The van der Waals surface area contributed by atoms with Gasteiger partial charge in [-0.05, 0) is 154 Å². The molecule has 4 bridgehead atoms. The van der Waals surface area contributed by atoms with Crippen LogP contribution in [-0.2, 0) is 16.2 Å². The van der Waals surface area contributed by atoms with Crippen LogP contribution in [0.1, 0.15) is 88.5 Å². The fourth-order valence-electron chi connectivity index (χ4n) is 12.4. The molecule has 5 aliphatic carbocycles. The van der Waals surface area contributed by atoms with Gasteiger partial charge in [-0.25, -0.2) is 0 Å². The molecule has 0 aromatic heterocycles. The van der Waals surface area contributed by atoms with Crippen LogP contribution in [0.3, 0.4) is 0 Å². The normalized spacial score (nSPS) is 26.0. The molecule has 0 saturated heterocycles. The molecule has 2 heteroatoms. The number of benzene rings is 6. The van der Waals surface area contributed by atoms with Gasteiger partial charge in [0.2, 0.25) is 0 Å². The Morgan fingerprint density at radius 3 is 1.91 bits per heavy atom. The summed E-state index contributed by atoms with van der Waals surface area (Å²) in [6.45, 7) is 9.80. The Kier molecular flexibility index (Phi) is 7.51. The molecule has 5 atom stereocenters. The predicted molar refractivity (Wildman–Crippen MR) is 231 cm³/mol. The van der Waals surface area contributed by atoms with Crippen LogP contribution in [0.25, 0.3) is 22.3 Å². The number of rotatable bonds is 5. The first-order chi connectivity index (χ1) is 26.7. The molecule has 1 heterocycles. The minimum Gasteiger partial charge on any atom is -0.310 e. The number of fused-ring (bicyclic) bond motifs is 3. The summed E-state index contributed by atoms with van der Waals surface area (Å²) in [7, 11) is 0. The minimum absolute atomic E-state index is 0.0729. The Morgan fingerprint density at radius 1 is 0.509 bits per heavy atom. The van der Waals surface area contributed by atoms with E-state index < -0.39 is 0 Å². The maximum Gasteiger partial charge on any atom is 0.0543 e. The lowest BCUT2D eigenvalue weighted by Crippen LogP contribution is -2.44. The average Bonchev–Trinajstić information content (AvgIpc) is 3.62. The van der Waals surface area contributed by atoms with Crippen LogP contribution in [0.2, 0.25) is 0 Å². The highest BCUT2D eigenvalue weighted by Gasteiger charge is 2.65. The summed E-state index contributed by atoms with van der Waals surface area (Å²) in [6.07, 6.45) is 7.99. The van der Waals surface area contributed by atoms with Crippen molar-refractivity contribution in [3.63, 3.8) is 0 Å². The molecule has 6 aromatic carbocycles. The van der Waals surface area contributed by atoms with Gasteiger partial charge in [-0.2, -0.15) is 0 Å². The van der Waals surface area contributed by atoms with Gasteiger partial charge in [0, 0.05) is 32.1 Å². The molecule has 6 aromatic rings. The van der Waals surface area contributed by atoms with E-state index in [-0.39, 0.29) is 16.2 Å². The third kappa shape index (κ3) is 5.06. The molecule has 4 saturated carbocycles. The van der Waals surface area contributed by atoms with Crippen LogP contribution in [-0.4, -0.2) is 0 Å². The largest absolute Gasteiger partial charge is 0.310 e. The lowest BCUT2D eigenvalue weighted by atomic mass is 9.57. The van der Waals surface area contributed by atoms with Crippen molar-refractivity contribution < 1.29 is 0 Å². The Morgan fingerprint density at radius 2 is 1.16 bits per heavy atom. The van der Waals surface area contributed by atoms with Crippen molar-refractivity contribution >= 4 is 28.8 Å². The molecular weight excluding hydrogens is 683 g/mol. The van der Waals surface area contributed by atoms with Crippen LogP contribution in [0.15, 0.2) is 149 Å².